The molecule has 0 unspecified atom stereocenters. The van der Waals surface area contributed by atoms with Gasteiger partial charge in [-0.2, -0.15) is 0 Å². The second-order valence-corrected chi connectivity index (χ2v) is 6.87. The number of amides is 1. The fraction of sp³-hybridized carbons (Fsp3) is 0.450. The largest absolute Gasteiger partial charge is 0.469 e. The Morgan fingerprint density at radius 2 is 1.78 bits per heavy atom. The molecule has 0 fully saturated rings. The Bertz CT molecular complexity index is 650. The predicted molar refractivity (Wildman–Crippen MR) is 99.7 cm³/mol. The maximum atomic E-state index is 12.6. The zero-order valence-corrected chi connectivity index (χ0v) is 16.2. The number of alkyl carbamates (subject to hydrolysis) is 1. The van der Waals surface area contributed by atoms with Gasteiger partial charge in [0.05, 0.1) is 13.0 Å². The minimum absolute atomic E-state index is 0.00809. The molecule has 7 heteroatoms. The Hall–Kier alpha value is -2.83. The Morgan fingerprint density at radius 3 is 2.30 bits per heavy atom. The van der Waals surface area contributed by atoms with Gasteiger partial charge in [-0.15, -0.1) is 6.58 Å². The summed E-state index contributed by atoms with van der Waals surface area (Å²) >= 11 is 0. The lowest BCUT2D eigenvalue weighted by Crippen LogP contribution is -2.50. The van der Waals surface area contributed by atoms with E-state index in [1.807, 2.05) is 18.2 Å². The smallest absolute Gasteiger partial charge is 0.408 e. The van der Waals surface area contributed by atoms with Gasteiger partial charge in [0.15, 0.2) is 0 Å². The first kappa shape index (κ1) is 22.2. The van der Waals surface area contributed by atoms with E-state index in [2.05, 4.69) is 11.9 Å². The van der Waals surface area contributed by atoms with Crippen LogP contribution in [-0.4, -0.2) is 36.8 Å². The molecule has 1 rings (SSSR count). The zero-order valence-electron chi connectivity index (χ0n) is 16.2. The number of nitrogens with one attached hydrogen (secondary N) is 1. The van der Waals surface area contributed by atoms with Gasteiger partial charge >= 0.3 is 18.0 Å². The molecule has 0 heterocycles. The molecule has 0 spiro atoms. The van der Waals surface area contributed by atoms with Crippen LogP contribution in [0.4, 0.5) is 4.79 Å². The highest BCUT2D eigenvalue weighted by Crippen LogP contribution is 2.16. The number of allylic oxidation sites excluding steroid dienone is 1. The van der Waals surface area contributed by atoms with Crippen LogP contribution in [-0.2, 0) is 30.4 Å². The molecule has 2 atom stereocenters. The lowest BCUT2D eigenvalue weighted by molar-refractivity contribution is -0.157. The van der Waals surface area contributed by atoms with Crippen molar-refractivity contribution in [2.45, 2.75) is 45.4 Å². The predicted octanol–water partition coefficient (Wildman–Crippen LogP) is 2.99. The summed E-state index contributed by atoms with van der Waals surface area (Å²) in [6, 6.07) is 7.79. The summed E-state index contributed by atoms with van der Waals surface area (Å²) in [6.45, 7) is 8.67. The Morgan fingerprint density at radius 1 is 1.15 bits per heavy atom. The van der Waals surface area contributed by atoms with E-state index < -0.39 is 35.6 Å². The Kier molecular flexibility index (Phi) is 8.51. The highest BCUT2D eigenvalue weighted by molar-refractivity contribution is 5.88. The maximum absolute atomic E-state index is 12.6. The Balaban J connectivity index is 2.96. The summed E-state index contributed by atoms with van der Waals surface area (Å²) in [5.41, 5.74) is 0.0158. The van der Waals surface area contributed by atoms with Crippen LogP contribution >= 0.6 is 0 Å². The minimum Gasteiger partial charge on any atom is -0.469 e. The average Bonchev–Trinajstić information content (AvgIpc) is 2.61. The quantitative estimate of drug-likeness (QED) is 0.425. The molecule has 27 heavy (non-hydrogen) atoms. The Labute approximate surface area is 159 Å². The number of carbonyl (C=O) groups excluding carboxylic acids is 3. The summed E-state index contributed by atoms with van der Waals surface area (Å²) in [6.07, 6.45) is 0.755. The van der Waals surface area contributed by atoms with Crippen molar-refractivity contribution < 1.29 is 28.6 Å². The van der Waals surface area contributed by atoms with E-state index in [-0.39, 0.29) is 13.0 Å². The summed E-state index contributed by atoms with van der Waals surface area (Å²) in [4.78, 5) is 36.9. The van der Waals surface area contributed by atoms with E-state index in [0.717, 1.165) is 5.56 Å². The normalized spacial score (nSPS) is 13.0. The first-order chi connectivity index (χ1) is 12.7. The van der Waals surface area contributed by atoms with Crippen LogP contribution in [0.1, 0.15) is 32.8 Å². The maximum Gasteiger partial charge on any atom is 0.408 e. The van der Waals surface area contributed by atoms with Crippen molar-refractivity contribution in [2.75, 3.05) is 7.11 Å². The van der Waals surface area contributed by atoms with Crippen molar-refractivity contribution in [3.05, 3.63) is 48.6 Å². The second-order valence-electron chi connectivity index (χ2n) is 6.87. The fourth-order valence-corrected chi connectivity index (χ4v) is 2.28. The van der Waals surface area contributed by atoms with Crippen LogP contribution in [0.15, 0.2) is 43.0 Å². The summed E-state index contributed by atoms with van der Waals surface area (Å²) in [7, 11) is 1.21. The first-order valence-electron chi connectivity index (χ1n) is 8.56. The highest BCUT2D eigenvalue weighted by atomic mass is 16.6. The van der Waals surface area contributed by atoms with Crippen LogP contribution in [0, 0.1) is 5.92 Å². The van der Waals surface area contributed by atoms with Gasteiger partial charge in [0.25, 0.3) is 0 Å². The van der Waals surface area contributed by atoms with Gasteiger partial charge in [-0.3, -0.25) is 4.79 Å². The van der Waals surface area contributed by atoms with Crippen molar-refractivity contribution in [1.29, 1.82) is 0 Å². The minimum atomic E-state index is -1.27. The number of methoxy groups -OCH3 is 1. The van der Waals surface area contributed by atoms with Crippen molar-refractivity contribution in [2.24, 2.45) is 5.92 Å². The number of hydrogen-bond acceptors (Lipinski definition) is 6. The zero-order chi connectivity index (χ0) is 20.4. The van der Waals surface area contributed by atoms with Crippen molar-refractivity contribution in [3.63, 3.8) is 0 Å². The number of rotatable bonds is 8. The van der Waals surface area contributed by atoms with E-state index in [4.69, 9.17) is 14.2 Å². The fourth-order valence-electron chi connectivity index (χ4n) is 2.28. The molecular formula is C20H27NO6. The molecule has 0 aromatic heterocycles. The third kappa shape index (κ3) is 7.94. The van der Waals surface area contributed by atoms with Gasteiger partial charge in [0.2, 0.25) is 0 Å². The molecule has 0 aliphatic carbocycles. The van der Waals surface area contributed by atoms with Crippen LogP contribution in [0.2, 0.25) is 0 Å². The number of hydrogen-bond donors (Lipinski definition) is 1. The molecule has 1 amide bonds. The van der Waals surface area contributed by atoms with Crippen LogP contribution < -0.4 is 5.32 Å². The van der Waals surface area contributed by atoms with Crippen molar-refractivity contribution in [1.82, 2.24) is 5.32 Å². The van der Waals surface area contributed by atoms with Crippen molar-refractivity contribution >= 4 is 18.0 Å². The van der Waals surface area contributed by atoms with Crippen LogP contribution in [0.5, 0.6) is 0 Å². The topological polar surface area (TPSA) is 90.9 Å². The van der Waals surface area contributed by atoms with Gasteiger partial charge in [0.1, 0.15) is 18.2 Å². The van der Waals surface area contributed by atoms with E-state index in [1.165, 1.54) is 13.2 Å². The molecule has 0 aliphatic rings. The molecule has 0 bridgehead atoms. The molecule has 0 saturated carbocycles. The highest BCUT2D eigenvalue weighted by Gasteiger charge is 2.37. The summed E-state index contributed by atoms with van der Waals surface area (Å²) < 4.78 is 15.2. The molecule has 0 saturated heterocycles. The number of benzene rings is 1. The van der Waals surface area contributed by atoms with Gasteiger partial charge in [-0.25, -0.2) is 9.59 Å². The van der Waals surface area contributed by atoms with E-state index in [9.17, 15) is 14.4 Å². The van der Waals surface area contributed by atoms with E-state index in [0.29, 0.717) is 0 Å². The van der Waals surface area contributed by atoms with Crippen LogP contribution in [0.3, 0.4) is 0 Å². The molecule has 1 N–H and O–H groups in total. The SMILES string of the molecule is C=CC[C@@H](C(=O)OC)[C@H](NC(=O)OC(C)(C)C)C(=O)OCc1ccccc1. The second kappa shape index (κ2) is 10.4. The van der Waals surface area contributed by atoms with Gasteiger partial charge < -0.3 is 19.5 Å². The molecule has 0 aliphatic heterocycles. The standard InChI is InChI=1S/C20H27NO6/c1-6-10-15(17(22)25-5)16(21-19(24)27-20(2,3)4)18(23)26-13-14-11-8-7-9-12-14/h6-9,11-12,15-16H,1,10,13H2,2-5H3,(H,21,24)/t15-,16+/m1/s1. The summed E-state index contributed by atoms with van der Waals surface area (Å²) in [5.74, 6) is -2.40. The van der Waals surface area contributed by atoms with Gasteiger partial charge in [-0.1, -0.05) is 36.4 Å². The molecule has 1 aromatic rings. The lowest BCUT2D eigenvalue weighted by Gasteiger charge is -2.26. The molecule has 148 valence electrons. The van der Waals surface area contributed by atoms with Crippen LogP contribution in [0.25, 0.3) is 0 Å². The van der Waals surface area contributed by atoms with Gasteiger partial charge in [0, 0.05) is 0 Å². The number of esters is 2. The van der Waals surface area contributed by atoms with E-state index in [1.54, 1.807) is 32.9 Å². The number of ether oxygens (including phenoxy) is 3. The monoisotopic (exact) mass is 377 g/mol. The molecule has 1 aromatic carbocycles. The summed E-state index contributed by atoms with van der Waals surface area (Å²) in [5, 5.41) is 2.43. The molecular weight excluding hydrogens is 350 g/mol. The third-order valence-corrected chi connectivity index (χ3v) is 3.48. The van der Waals surface area contributed by atoms with Crippen molar-refractivity contribution in [3.8, 4) is 0 Å². The average molecular weight is 377 g/mol. The lowest BCUT2D eigenvalue weighted by atomic mass is 9.96. The van der Waals surface area contributed by atoms with E-state index >= 15 is 0 Å². The molecule has 0 radical (unpaired) electrons. The number of carbonyl (C=O) groups is 3. The third-order valence-electron chi connectivity index (χ3n) is 3.48. The van der Waals surface area contributed by atoms with Gasteiger partial charge in [-0.05, 0) is 32.8 Å². The molecule has 7 nitrogen and oxygen atoms in total. The first-order valence-corrected chi connectivity index (χ1v) is 8.56.